The normalized spacial score (nSPS) is 19.9. The molecule has 1 aromatic heterocycles. The molecule has 2 unspecified atom stereocenters. The first-order valence-corrected chi connectivity index (χ1v) is 9.96. The lowest BCUT2D eigenvalue weighted by molar-refractivity contribution is 0.107. The van der Waals surface area contributed by atoms with Crippen molar-refractivity contribution in [3.63, 3.8) is 0 Å². The van der Waals surface area contributed by atoms with Crippen molar-refractivity contribution in [3.05, 3.63) is 22.4 Å². The highest BCUT2D eigenvalue weighted by Gasteiger charge is 2.20. The quantitative estimate of drug-likeness (QED) is 0.583. The third-order valence-corrected chi connectivity index (χ3v) is 5.97. The molecule has 0 saturated carbocycles. The van der Waals surface area contributed by atoms with Gasteiger partial charge in [-0.25, -0.2) is 0 Å². The maximum atomic E-state index is 4.35. The van der Waals surface area contributed by atoms with E-state index in [1.165, 1.54) is 24.5 Å². The molecule has 1 saturated heterocycles. The summed E-state index contributed by atoms with van der Waals surface area (Å²) in [5.74, 6) is 1.40. The van der Waals surface area contributed by atoms with E-state index in [1.54, 1.807) is 0 Å². The van der Waals surface area contributed by atoms with Gasteiger partial charge in [0, 0.05) is 63.2 Å². The van der Waals surface area contributed by atoms with Crippen molar-refractivity contribution < 1.29 is 0 Å². The van der Waals surface area contributed by atoms with Gasteiger partial charge >= 0.3 is 0 Å². The molecule has 0 amide bonds. The number of aliphatic imine (C=N–C) groups is 1. The Morgan fingerprint density at radius 3 is 2.50 bits per heavy atom. The molecule has 0 aromatic carbocycles. The zero-order valence-electron chi connectivity index (χ0n) is 15.6. The molecule has 0 radical (unpaired) electrons. The van der Waals surface area contributed by atoms with Crippen molar-refractivity contribution in [2.75, 3.05) is 52.9 Å². The predicted molar refractivity (Wildman–Crippen MR) is 105 cm³/mol. The Kier molecular flexibility index (Phi) is 8.02. The zero-order chi connectivity index (χ0) is 17.4. The molecular formula is C18H33N5S. The van der Waals surface area contributed by atoms with Crippen LogP contribution in [0.2, 0.25) is 0 Å². The van der Waals surface area contributed by atoms with Crippen LogP contribution in [0.3, 0.4) is 0 Å². The molecule has 136 valence electrons. The third-order valence-electron chi connectivity index (χ3n) is 4.87. The maximum Gasteiger partial charge on any atom is 0.191 e. The first kappa shape index (κ1) is 19.2. The van der Waals surface area contributed by atoms with E-state index in [1.807, 2.05) is 18.4 Å². The second kappa shape index (κ2) is 10.0. The largest absolute Gasteiger partial charge is 0.356 e. The zero-order valence-corrected chi connectivity index (χ0v) is 16.4. The van der Waals surface area contributed by atoms with Crippen molar-refractivity contribution >= 4 is 17.3 Å². The lowest BCUT2D eigenvalue weighted by Crippen LogP contribution is -2.53. The fourth-order valence-electron chi connectivity index (χ4n) is 3.04. The number of hydrogen-bond acceptors (Lipinski definition) is 4. The standard InChI is InChI=1S/C18H33N5S/c1-5-22-8-10-23(11-9-22)16(3)14-21-18(19-4)20-13-15(2)17-7-6-12-24-17/h6-7,12,15-16H,5,8-11,13-14H2,1-4H3,(H2,19,20,21). The van der Waals surface area contributed by atoms with Crippen LogP contribution >= 0.6 is 11.3 Å². The molecule has 2 atom stereocenters. The summed E-state index contributed by atoms with van der Waals surface area (Å²) >= 11 is 1.82. The summed E-state index contributed by atoms with van der Waals surface area (Å²) in [4.78, 5) is 10.9. The van der Waals surface area contributed by atoms with Crippen molar-refractivity contribution in [3.8, 4) is 0 Å². The first-order chi connectivity index (χ1) is 11.6. The molecule has 0 spiro atoms. The Morgan fingerprint density at radius 1 is 1.21 bits per heavy atom. The van der Waals surface area contributed by atoms with Gasteiger partial charge in [-0.1, -0.05) is 19.9 Å². The molecule has 2 N–H and O–H groups in total. The molecule has 5 nitrogen and oxygen atoms in total. The first-order valence-electron chi connectivity index (χ1n) is 9.08. The second-order valence-corrected chi connectivity index (χ2v) is 7.55. The van der Waals surface area contributed by atoms with E-state index >= 15 is 0 Å². The van der Waals surface area contributed by atoms with Gasteiger partial charge in [0.1, 0.15) is 0 Å². The van der Waals surface area contributed by atoms with E-state index in [2.05, 4.69) is 63.7 Å². The van der Waals surface area contributed by atoms with Gasteiger partial charge in [0.05, 0.1) is 0 Å². The summed E-state index contributed by atoms with van der Waals surface area (Å²) < 4.78 is 0. The number of likely N-dealkylation sites (N-methyl/N-ethyl adjacent to an activating group) is 1. The molecule has 1 aliphatic heterocycles. The third kappa shape index (κ3) is 5.76. The number of nitrogens with one attached hydrogen (secondary N) is 2. The Labute approximate surface area is 151 Å². The number of rotatable bonds is 7. The Morgan fingerprint density at radius 2 is 1.92 bits per heavy atom. The minimum Gasteiger partial charge on any atom is -0.356 e. The smallest absolute Gasteiger partial charge is 0.191 e. The Hall–Kier alpha value is -1.11. The van der Waals surface area contributed by atoms with Gasteiger partial charge in [-0.3, -0.25) is 9.89 Å². The minimum atomic E-state index is 0.503. The maximum absolute atomic E-state index is 4.35. The lowest BCUT2D eigenvalue weighted by Gasteiger charge is -2.37. The summed E-state index contributed by atoms with van der Waals surface area (Å²) in [5.41, 5.74) is 0. The van der Waals surface area contributed by atoms with Gasteiger partial charge in [0.2, 0.25) is 0 Å². The monoisotopic (exact) mass is 351 g/mol. The van der Waals surface area contributed by atoms with Gasteiger partial charge in [-0.05, 0) is 24.9 Å². The van der Waals surface area contributed by atoms with Crippen molar-refractivity contribution in [1.82, 2.24) is 20.4 Å². The molecule has 1 fully saturated rings. The van der Waals surface area contributed by atoms with Crippen LogP contribution in [0.1, 0.15) is 31.6 Å². The molecule has 0 bridgehead atoms. The lowest BCUT2D eigenvalue weighted by atomic mass is 10.1. The SMILES string of the molecule is CCN1CCN(C(C)CNC(=NC)NCC(C)c2cccs2)CC1. The molecule has 0 aliphatic carbocycles. The van der Waals surface area contributed by atoms with Crippen LogP contribution in [-0.2, 0) is 0 Å². The molecule has 1 aromatic rings. The van der Waals surface area contributed by atoms with Gasteiger partial charge in [0.25, 0.3) is 0 Å². The average Bonchev–Trinajstić information content (AvgIpc) is 3.16. The summed E-state index contributed by atoms with van der Waals surface area (Å²) in [5, 5.41) is 9.07. The van der Waals surface area contributed by atoms with Crippen LogP contribution in [0.25, 0.3) is 0 Å². The van der Waals surface area contributed by atoms with E-state index < -0.39 is 0 Å². The summed E-state index contributed by atoms with van der Waals surface area (Å²) in [6.07, 6.45) is 0. The highest BCUT2D eigenvalue weighted by atomic mass is 32.1. The van der Waals surface area contributed by atoms with E-state index in [0.717, 1.165) is 32.1 Å². The number of guanidine groups is 1. The average molecular weight is 352 g/mol. The van der Waals surface area contributed by atoms with Crippen LogP contribution in [0.4, 0.5) is 0 Å². The topological polar surface area (TPSA) is 42.9 Å². The van der Waals surface area contributed by atoms with E-state index in [-0.39, 0.29) is 0 Å². The highest BCUT2D eigenvalue weighted by Crippen LogP contribution is 2.19. The van der Waals surface area contributed by atoms with E-state index in [4.69, 9.17) is 0 Å². The summed E-state index contributed by atoms with van der Waals surface area (Å²) in [7, 11) is 1.84. The molecule has 1 aliphatic rings. The predicted octanol–water partition coefficient (Wildman–Crippen LogP) is 2.04. The molecule has 2 heterocycles. The summed E-state index contributed by atoms with van der Waals surface area (Å²) in [6.45, 7) is 14.5. The van der Waals surface area contributed by atoms with Crippen LogP contribution in [0, 0.1) is 0 Å². The number of hydrogen-bond donors (Lipinski definition) is 2. The van der Waals surface area contributed by atoms with Crippen LogP contribution < -0.4 is 10.6 Å². The number of piperazine rings is 1. The van der Waals surface area contributed by atoms with E-state index in [9.17, 15) is 0 Å². The minimum absolute atomic E-state index is 0.503. The molecule has 24 heavy (non-hydrogen) atoms. The van der Waals surface area contributed by atoms with Gasteiger partial charge in [-0.15, -0.1) is 11.3 Å². The number of nitrogens with zero attached hydrogens (tertiary/aromatic N) is 3. The Balaban J connectivity index is 1.69. The molecular weight excluding hydrogens is 318 g/mol. The summed E-state index contributed by atoms with van der Waals surface area (Å²) in [6, 6.07) is 4.84. The van der Waals surface area contributed by atoms with Crippen molar-refractivity contribution in [1.29, 1.82) is 0 Å². The van der Waals surface area contributed by atoms with Crippen LogP contribution in [0.5, 0.6) is 0 Å². The highest BCUT2D eigenvalue weighted by molar-refractivity contribution is 7.10. The van der Waals surface area contributed by atoms with Gasteiger partial charge in [0.15, 0.2) is 5.96 Å². The van der Waals surface area contributed by atoms with E-state index in [0.29, 0.717) is 12.0 Å². The second-order valence-electron chi connectivity index (χ2n) is 6.57. The van der Waals surface area contributed by atoms with Crippen molar-refractivity contribution in [2.45, 2.75) is 32.7 Å². The molecule has 2 rings (SSSR count). The van der Waals surface area contributed by atoms with Gasteiger partial charge < -0.3 is 15.5 Å². The van der Waals surface area contributed by atoms with Crippen LogP contribution in [0.15, 0.2) is 22.5 Å². The van der Waals surface area contributed by atoms with Crippen molar-refractivity contribution in [2.24, 2.45) is 4.99 Å². The number of thiophene rings is 1. The molecule has 6 heteroatoms. The van der Waals surface area contributed by atoms with Crippen LogP contribution in [-0.4, -0.2) is 74.7 Å². The fraction of sp³-hybridized carbons (Fsp3) is 0.722. The fourth-order valence-corrected chi connectivity index (χ4v) is 3.82. The Bertz CT molecular complexity index is 480. The van der Waals surface area contributed by atoms with Gasteiger partial charge in [-0.2, -0.15) is 0 Å².